The van der Waals surface area contributed by atoms with Crippen LogP contribution in [-0.2, 0) is 19.5 Å². The molecule has 6 nitrogen and oxygen atoms in total. The highest BCUT2D eigenvalue weighted by Crippen LogP contribution is 2.25. The van der Waals surface area contributed by atoms with E-state index in [2.05, 4.69) is 19.9 Å². The Kier molecular flexibility index (Phi) is 3.63. The number of hydrogen-bond acceptors (Lipinski definition) is 6. The third-order valence-electron chi connectivity index (χ3n) is 3.91. The van der Waals surface area contributed by atoms with E-state index < -0.39 is 0 Å². The molecule has 0 atom stereocenters. The van der Waals surface area contributed by atoms with Crippen molar-refractivity contribution in [2.45, 2.75) is 33.4 Å². The second-order valence-corrected chi connectivity index (χ2v) is 5.73. The summed E-state index contributed by atoms with van der Waals surface area (Å²) >= 11 is 0. The second kappa shape index (κ2) is 5.44. The summed E-state index contributed by atoms with van der Waals surface area (Å²) in [6.07, 6.45) is 2.60. The van der Waals surface area contributed by atoms with Crippen molar-refractivity contribution in [2.75, 3.05) is 25.5 Å². The van der Waals surface area contributed by atoms with Gasteiger partial charge in [-0.2, -0.15) is 0 Å². The van der Waals surface area contributed by atoms with Gasteiger partial charge in [0.05, 0.1) is 17.9 Å². The van der Waals surface area contributed by atoms with Crippen LogP contribution in [0.25, 0.3) is 0 Å². The minimum absolute atomic E-state index is 0.732. The van der Waals surface area contributed by atoms with Gasteiger partial charge in [-0.3, -0.25) is 4.90 Å². The van der Waals surface area contributed by atoms with Crippen LogP contribution in [0.15, 0.2) is 10.7 Å². The number of hydrogen-bond donors (Lipinski definition) is 0. The molecule has 6 heteroatoms. The Bertz CT molecular complexity index is 630. The first-order valence-corrected chi connectivity index (χ1v) is 7.20. The third-order valence-corrected chi connectivity index (χ3v) is 3.91. The van der Waals surface area contributed by atoms with Gasteiger partial charge in [-0.05, 0) is 13.8 Å². The van der Waals surface area contributed by atoms with E-state index in [0.717, 1.165) is 54.9 Å². The fourth-order valence-electron chi connectivity index (χ4n) is 2.70. The quantitative estimate of drug-likeness (QED) is 0.856. The SMILES string of the molecule is Cc1nc(CN2CCc3ncnc(N(C)C)c3C2)oc1C. The Morgan fingerprint density at radius 2 is 2.10 bits per heavy atom. The summed E-state index contributed by atoms with van der Waals surface area (Å²) in [7, 11) is 4.03. The van der Waals surface area contributed by atoms with Crippen LogP contribution in [0.5, 0.6) is 0 Å². The van der Waals surface area contributed by atoms with E-state index in [9.17, 15) is 0 Å². The molecule has 0 bridgehead atoms. The van der Waals surface area contributed by atoms with E-state index in [1.165, 1.54) is 5.56 Å². The molecule has 0 spiro atoms. The molecule has 0 amide bonds. The largest absolute Gasteiger partial charge is 0.444 e. The standard InChI is InChI=1S/C15H21N5O/c1-10-11(2)21-14(18-10)8-20-6-5-13-12(7-20)15(19(3)4)17-9-16-13/h9H,5-8H2,1-4H3. The average molecular weight is 287 g/mol. The van der Waals surface area contributed by atoms with Crippen molar-refractivity contribution in [1.82, 2.24) is 19.9 Å². The van der Waals surface area contributed by atoms with Gasteiger partial charge in [0, 0.05) is 39.2 Å². The summed E-state index contributed by atoms with van der Waals surface area (Å²) in [6, 6.07) is 0. The van der Waals surface area contributed by atoms with E-state index in [4.69, 9.17) is 4.42 Å². The minimum atomic E-state index is 0.732. The Hall–Kier alpha value is -1.95. The van der Waals surface area contributed by atoms with Crippen molar-refractivity contribution >= 4 is 5.82 Å². The molecular weight excluding hydrogens is 266 g/mol. The summed E-state index contributed by atoms with van der Waals surface area (Å²) in [5, 5.41) is 0. The predicted molar refractivity (Wildman–Crippen MR) is 80.2 cm³/mol. The van der Waals surface area contributed by atoms with E-state index >= 15 is 0 Å². The summed E-state index contributed by atoms with van der Waals surface area (Å²) in [6.45, 7) is 6.47. The van der Waals surface area contributed by atoms with Crippen molar-refractivity contribution in [3.8, 4) is 0 Å². The zero-order valence-corrected chi connectivity index (χ0v) is 13.1. The smallest absolute Gasteiger partial charge is 0.208 e. The zero-order chi connectivity index (χ0) is 15.0. The van der Waals surface area contributed by atoms with Crippen molar-refractivity contribution < 1.29 is 4.42 Å². The van der Waals surface area contributed by atoms with Crippen LogP contribution >= 0.6 is 0 Å². The average Bonchev–Trinajstić information content (AvgIpc) is 2.76. The van der Waals surface area contributed by atoms with Crippen LogP contribution in [0.3, 0.4) is 0 Å². The highest BCUT2D eigenvalue weighted by Gasteiger charge is 2.23. The lowest BCUT2D eigenvalue weighted by atomic mass is 10.1. The fraction of sp³-hybridized carbons (Fsp3) is 0.533. The van der Waals surface area contributed by atoms with E-state index in [1.54, 1.807) is 6.33 Å². The molecule has 0 fully saturated rings. The first-order chi connectivity index (χ1) is 10.0. The molecule has 0 unspecified atom stereocenters. The molecule has 1 aliphatic rings. The van der Waals surface area contributed by atoms with E-state index in [0.29, 0.717) is 0 Å². The van der Waals surface area contributed by atoms with Crippen LogP contribution in [0.1, 0.15) is 28.6 Å². The number of aryl methyl sites for hydroxylation is 2. The van der Waals surface area contributed by atoms with Crippen molar-refractivity contribution in [3.63, 3.8) is 0 Å². The van der Waals surface area contributed by atoms with Gasteiger partial charge >= 0.3 is 0 Å². The minimum Gasteiger partial charge on any atom is -0.444 e. The van der Waals surface area contributed by atoms with Crippen molar-refractivity contribution in [1.29, 1.82) is 0 Å². The van der Waals surface area contributed by atoms with Crippen LogP contribution < -0.4 is 4.90 Å². The summed E-state index contributed by atoms with van der Waals surface area (Å²) in [4.78, 5) is 17.7. The number of oxazole rings is 1. The number of fused-ring (bicyclic) bond motifs is 1. The van der Waals surface area contributed by atoms with Gasteiger partial charge in [0.1, 0.15) is 17.9 Å². The van der Waals surface area contributed by atoms with Gasteiger partial charge in [-0.1, -0.05) is 0 Å². The van der Waals surface area contributed by atoms with Crippen LogP contribution in [0.4, 0.5) is 5.82 Å². The molecular formula is C15H21N5O. The predicted octanol–water partition coefficient (Wildman–Crippen LogP) is 1.71. The van der Waals surface area contributed by atoms with Crippen molar-refractivity contribution in [2.24, 2.45) is 0 Å². The monoisotopic (exact) mass is 287 g/mol. The number of rotatable bonds is 3. The molecule has 21 heavy (non-hydrogen) atoms. The van der Waals surface area contributed by atoms with Gasteiger partial charge in [-0.25, -0.2) is 15.0 Å². The first-order valence-electron chi connectivity index (χ1n) is 7.20. The third kappa shape index (κ3) is 2.76. The zero-order valence-electron chi connectivity index (χ0n) is 13.1. The van der Waals surface area contributed by atoms with Gasteiger partial charge in [0.2, 0.25) is 5.89 Å². The Balaban J connectivity index is 1.80. The van der Waals surface area contributed by atoms with Gasteiger partial charge in [0.25, 0.3) is 0 Å². The Labute approximate surface area is 124 Å². The van der Waals surface area contributed by atoms with Gasteiger partial charge in [0.15, 0.2) is 0 Å². The molecule has 2 aromatic heterocycles. The molecule has 1 aliphatic heterocycles. The molecule has 0 aliphatic carbocycles. The van der Waals surface area contributed by atoms with Crippen LogP contribution in [0.2, 0.25) is 0 Å². The molecule has 2 aromatic rings. The molecule has 0 saturated heterocycles. The topological polar surface area (TPSA) is 58.3 Å². The Morgan fingerprint density at radius 3 is 2.76 bits per heavy atom. The molecule has 0 N–H and O–H groups in total. The summed E-state index contributed by atoms with van der Waals surface area (Å²) in [5.41, 5.74) is 3.35. The van der Waals surface area contributed by atoms with Crippen molar-refractivity contribution in [3.05, 3.63) is 34.9 Å². The van der Waals surface area contributed by atoms with Gasteiger partial charge in [-0.15, -0.1) is 0 Å². The second-order valence-electron chi connectivity index (χ2n) is 5.73. The highest BCUT2D eigenvalue weighted by atomic mass is 16.4. The molecule has 0 radical (unpaired) electrons. The normalized spacial score (nSPS) is 15.0. The lowest BCUT2D eigenvalue weighted by molar-refractivity contribution is 0.218. The molecule has 0 aromatic carbocycles. The lowest BCUT2D eigenvalue weighted by Gasteiger charge is -2.29. The lowest BCUT2D eigenvalue weighted by Crippen LogP contribution is -2.32. The first kappa shape index (κ1) is 14.0. The highest BCUT2D eigenvalue weighted by molar-refractivity contribution is 5.48. The maximum Gasteiger partial charge on any atom is 0.208 e. The van der Waals surface area contributed by atoms with E-state index in [-0.39, 0.29) is 0 Å². The molecule has 3 heterocycles. The van der Waals surface area contributed by atoms with Crippen LogP contribution in [-0.4, -0.2) is 40.5 Å². The Morgan fingerprint density at radius 1 is 1.29 bits per heavy atom. The summed E-state index contributed by atoms with van der Waals surface area (Å²) < 4.78 is 5.69. The maximum atomic E-state index is 5.69. The molecule has 112 valence electrons. The van der Waals surface area contributed by atoms with Gasteiger partial charge < -0.3 is 9.32 Å². The molecule has 3 rings (SSSR count). The number of nitrogens with zero attached hydrogens (tertiary/aromatic N) is 5. The fourth-order valence-corrected chi connectivity index (χ4v) is 2.70. The van der Waals surface area contributed by atoms with Crippen LogP contribution in [0, 0.1) is 13.8 Å². The maximum absolute atomic E-state index is 5.69. The molecule has 0 saturated carbocycles. The van der Waals surface area contributed by atoms with E-state index in [1.807, 2.05) is 32.8 Å². The summed E-state index contributed by atoms with van der Waals surface area (Å²) in [5.74, 6) is 2.70. The number of anilines is 1. The number of aromatic nitrogens is 3.